The summed E-state index contributed by atoms with van der Waals surface area (Å²) < 4.78 is 25.6. The highest BCUT2D eigenvalue weighted by Crippen LogP contribution is 2.29. The molecule has 1 aliphatic heterocycles. The lowest BCUT2D eigenvalue weighted by molar-refractivity contribution is 0.596. The molecule has 0 unspecified atom stereocenters. The lowest BCUT2D eigenvalue weighted by Crippen LogP contribution is -2.16. The van der Waals surface area contributed by atoms with E-state index in [0.717, 1.165) is 36.8 Å². The van der Waals surface area contributed by atoms with Crippen LogP contribution in [0.25, 0.3) is 10.9 Å². The van der Waals surface area contributed by atoms with Crippen molar-refractivity contribution in [1.29, 1.82) is 0 Å². The Balaban J connectivity index is 1.87. The number of nitrogens with one attached hydrogen (secondary N) is 2. The predicted molar refractivity (Wildman–Crippen MR) is 90.5 cm³/mol. The van der Waals surface area contributed by atoms with Crippen LogP contribution in [-0.2, 0) is 22.7 Å². The number of hydrogen-bond acceptors (Lipinski definition) is 3. The Morgan fingerprint density at radius 2 is 1.65 bits per heavy atom. The molecular formula is C18H18N2O2S. The average molecular weight is 326 g/mol. The number of aromatic nitrogens is 1. The summed E-state index contributed by atoms with van der Waals surface area (Å²) >= 11 is 0. The van der Waals surface area contributed by atoms with Gasteiger partial charge in [-0.3, -0.25) is 0 Å². The van der Waals surface area contributed by atoms with Gasteiger partial charge in [0, 0.05) is 29.6 Å². The molecule has 23 heavy (non-hydrogen) atoms. The third-order valence-electron chi connectivity index (χ3n) is 4.43. The number of fused-ring (bicyclic) bond motifs is 3. The minimum Gasteiger partial charge on any atom is -0.358 e. The molecule has 2 N–H and O–H groups in total. The van der Waals surface area contributed by atoms with E-state index in [1.807, 2.05) is 18.2 Å². The molecule has 4 rings (SSSR count). The standard InChI is InChI=1S/C18H18N2O2S/c21-23(22,13-4-2-1-3-5-13)14-6-7-17-16(12-14)15-8-10-19-11-9-18(15)20-17/h1-7,12,19-20H,8-11H2. The molecule has 2 aromatic carbocycles. The summed E-state index contributed by atoms with van der Waals surface area (Å²) in [5.74, 6) is 0. The molecule has 0 saturated heterocycles. The number of benzene rings is 2. The zero-order valence-corrected chi connectivity index (χ0v) is 13.5. The molecular weight excluding hydrogens is 308 g/mol. The van der Waals surface area contributed by atoms with Crippen LogP contribution in [0.2, 0.25) is 0 Å². The monoisotopic (exact) mass is 326 g/mol. The van der Waals surface area contributed by atoms with E-state index in [9.17, 15) is 8.42 Å². The predicted octanol–water partition coefficient (Wildman–Crippen LogP) is 2.69. The van der Waals surface area contributed by atoms with E-state index < -0.39 is 9.84 Å². The van der Waals surface area contributed by atoms with Crippen molar-refractivity contribution < 1.29 is 8.42 Å². The van der Waals surface area contributed by atoms with Crippen molar-refractivity contribution in [1.82, 2.24) is 10.3 Å². The van der Waals surface area contributed by atoms with Gasteiger partial charge in [0.05, 0.1) is 9.79 Å². The Morgan fingerprint density at radius 3 is 2.48 bits per heavy atom. The topological polar surface area (TPSA) is 62.0 Å². The second-order valence-electron chi connectivity index (χ2n) is 5.86. The molecule has 2 heterocycles. The van der Waals surface area contributed by atoms with Crippen LogP contribution in [0.15, 0.2) is 58.3 Å². The largest absolute Gasteiger partial charge is 0.358 e. The SMILES string of the molecule is O=S(=O)(c1ccccc1)c1ccc2[nH]c3c(c2c1)CCNCC3. The molecule has 4 nitrogen and oxygen atoms in total. The Morgan fingerprint density at radius 1 is 0.870 bits per heavy atom. The van der Waals surface area contributed by atoms with Crippen molar-refractivity contribution in [3.63, 3.8) is 0 Å². The normalized spacial score (nSPS) is 15.3. The van der Waals surface area contributed by atoms with Gasteiger partial charge in [-0.2, -0.15) is 0 Å². The van der Waals surface area contributed by atoms with E-state index in [2.05, 4.69) is 10.3 Å². The number of hydrogen-bond donors (Lipinski definition) is 2. The number of rotatable bonds is 2. The van der Waals surface area contributed by atoms with Crippen LogP contribution in [0.5, 0.6) is 0 Å². The van der Waals surface area contributed by atoms with E-state index in [-0.39, 0.29) is 0 Å². The van der Waals surface area contributed by atoms with E-state index in [0.29, 0.717) is 9.79 Å². The summed E-state index contributed by atoms with van der Waals surface area (Å²) in [5, 5.41) is 4.41. The quantitative estimate of drug-likeness (QED) is 0.761. The maximum Gasteiger partial charge on any atom is 0.206 e. The van der Waals surface area contributed by atoms with Crippen molar-refractivity contribution in [2.45, 2.75) is 22.6 Å². The van der Waals surface area contributed by atoms with Crippen molar-refractivity contribution in [2.24, 2.45) is 0 Å². The van der Waals surface area contributed by atoms with E-state index in [1.54, 1.807) is 30.3 Å². The van der Waals surface area contributed by atoms with Gasteiger partial charge in [-0.05, 0) is 48.9 Å². The van der Waals surface area contributed by atoms with E-state index in [1.165, 1.54) is 11.3 Å². The Hall–Kier alpha value is -2.11. The first-order valence-electron chi connectivity index (χ1n) is 7.80. The fourth-order valence-corrected chi connectivity index (χ4v) is 4.54. The minimum absolute atomic E-state index is 0.336. The third-order valence-corrected chi connectivity index (χ3v) is 6.20. The van der Waals surface area contributed by atoms with Crippen LogP contribution in [-0.4, -0.2) is 26.5 Å². The van der Waals surface area contributed by atoms with Crippen LogP contribution >= 0.6 is 0 Å². The smallest absolute Gasteiger partial charge is 0.206 e. The van der Waals surface area contributed by atoms with Crippen molar-refractivity contribution >= 4 is 20.7 Å². The Labute approximate surface area is 135 Å². The molecule has 0 fully saturated rings. The Bertz CT molecular complexity index is 959. The van der Waals surface area contributed by atoms with Gasteiger partial charge in [0.1, 0.15) is 0 Å². The third kappa shape index (κ3) is 2.46. The van der Waals surface area contributed by atoms with Crippen LogP contribution in [0, 0.1) is 0 Å². The summed E-state index contributed by atoms with van der Waals surface area (Å²) in [4.78, 5) is 4.13. The lowest BCUT2D eigenvalue weighted by Gasteiger charge is -2.05. The van der Waals surface area contributed by atoms with Crippen LogP contribution < -0.4 is 5.32 Å². The van der Waals surface area contributed by atoms with Gasteiger partial charge in [0.15, 0.2) is 0 Å². The average Bonchev–Trinajstić information content (AvgIpc) is 2.76. The van der Waals surface area contributed by atoms with Crippen LogP contribution in [0.4, 0.5) is 0 Å². The van der Waals surface area contributed by atoms with Crippen molar-refractivity contribution in [3.8, 4) is 0 Å². The molecule has 0 bridgehead atoms. The zero-order chi connectivity index (χ0) is 15.9. The van der Waals surface area contributed by atoms with Gasteiger partial charge < -0.3 is 10.3 Å². The van der Waals surface area contributed by atoms with Crippen molar-refractivity contribution in [2.75, 3.05) is 13.1 Å². The molecule has 1 aliphatic rings. The minimum atomic E-state index is -3.47. The van der Waals surface area contributed by atoms with Gasteiger partial charge >= 0.3 is 0 Å². The Kier molecular flexibility index (Phi) is 3.47. The van der Waals surface area contributed by atoms with Gasteiger partial charge in [-0.25, -0.2) is 8.42 Å². The van der Waals surface area contributed by atoms with Crippen LogP contribution in [0.1, 0.15) is 11.3 Å². The highest BCUT2D eigenvalue weighted by molar-refractivity contribution is 7.91. The van der Waals surface area contributed by atoms with E-state index in [4.69, 9.17) is 0 Å². The molecule has 118 valence electrons. The molecule has 3 aromatic rings. The highest BCUT2D eigenvalue weighted by atomic mass is 32.2. The summed E-state index contributed by atoms with van der Waals surface area (Å²) in [5.41, 5.74) is 3.48. The molecule has 1 aromatic heterocycles. The van der Waals surface area contributed by atoms with Gasteiger partial charge in [0.2, 0.25) is 9.84 Å². The fourth-order valence-electron chi connectivity index (χ4n) is 3.24. The zero-order valence-electron chi connectivity index (χ0n) is 12.7. The molecule has 0 radical (unpaired) electrons. The fraction of sp³-hybridized carbons (Fsp3) is 0.222. The van der Waals surface area contributed by atoms with Crippen molar-refractivity contribution in [3.05, 3.63) is 59.8 Å². The van der Waals surface area contributed by atoms with E-state index >= 15 is 0 Å². The summed E-state index contributed by atoms with van der Waals surface area (Å²) in [6.07, 6.45) is 1.87. The van der Waals surface area contributed by atoms with Gasteiger partial charge in [-0.1, -0.05) is 18.2 Å². The molecule has 0 amide bonds. The molecule has 5 heteroatoms. The number of H-pyrrole nitrogens is 1. The summed E-state index contributed by atoms with van der Waals surface area (Å²) in [6.45, 7) is 1.88. The number of sulfone groups is 1. The maximum absolute atomic E-state index is 12.8. The second kappa shape index (κ2) is 5.51. The first-order valence-corrected chi connectivity index (χ1v) is 9.29. The first-order chi connectivity index (χ1) is 11.2. The molecule has 0 spiro atoms. The van der Waals surface area contributed by atoms with Gasteiger partial charge in [0.25, 0.3) is 0 Å². The first kappa shape index (κ1) is 14.5. The summed E-state index contributed by atoms with van der Waals surface area (Å²) in [6, 6.07) is 14.0. The molecule has 0 atom stereocenters. The number of aromatic amines is 1. The molecule has 0 saturated carbocycles. The maximum atomic E-state index is 12.8. The lowest BCUT2D eigenvalue weighted by atomic mass is 10.1. The second-order valence-corrected chi connectivity index (χ2v) is 7.81. The van der Waals surface area contributed by atoms with Crippen LogP contribution in [0.3, 0.4) is 0 Å². The van der Waals surface area contributed by atoms with Gasteiger partial charge in [-0.15, -0.1) is 0 Å². The summed E-state index contributed by atoms with van der Waals surface area (Å²) in [7, 11) is -3.47. The highest BCUT2D eigenvalue weighted by Gasteiger charge is 2.20. The molecule has 0 aliphatic carbocycles.